The Morgan fingerprint density at radius 2 is 2.25 bits per heavy atom. The van der Waals surface area contributed by atoms with Gasteiger partial charge in [-0.05, 0) is 43.6 Å². The molecular weight excluding hydrogens is 283 g/mol. The molecule has 0 aliphatic carbocycles. The molecule has 0 saturated carbocycles. The molecule has 1 aromatic carbocycles. The van der Waals surface area contributed by atoms with E-state index in [9.17, 15) is 12.8 Å². The number of benzene rings is 1. The maximum atomic E-state index is 13.7. The number of nitrogens with one attached hydrogen (secondary N) is 1. The average molecular weight is 302 g/mol. The molecule has 1 saturated heterocycles. The van der Waals surface area contributed by atoms with Crippen LogP contribution in [0.25, 0.3) is 0 Å². The Morgan fingerprint density at radius 1 is 1.50 bits per heavy atom. The van der Waals surface area contributed by atoms with E-state index in [2.05, 4.69) is 9.62 Å². The van der Waals surface area contributed by atoms with E-state index in [1.165, 1.54) is 12.1 Å². The first kappa shape index (κ1) is 15.4. The molecule has 1 aromatic rings. The second-order valence-electron chi connectivity index (χ2n) is 5.19. The van der Waals surface area contributed by atoms with Crippen LogP contribution in [0.2, 0.25) is 0 Å². The minimum Gasteiger partial charge on any atom is -0.392 e. The fourth-order valence-electron chi connectivity index (χ4n) is 2.35. The summed E-state index contributed by atoms with van der Waals surface area (Å²) in [5, 5.41) is 9.01. The largest absolute Gasteiger partial charge is 0.392 e. The van der Waals surface area contributed by atoms with Crippen LogP contribution in [0.5, 0.6) is 0 Å². The third-order valence-corrected chi connectivity index (χ3v) is 4.96. The molecule has 0 aromatic heterocycles. The number of halogens is 1. The maximum Gasteiger partial charge on any atom is 0.243 e. The van der Waals surface area contributed by atoms with Crippen molar-refractivity contribution in [3.63, 3.8) is 0 Å². The molecule has 2 N–H and O–H groups in total. The fourth-order valence-corrected chi connectivity index (χ4v) is 3.59. The molecular formula is C13H19FN2O3S. The van der Waals surface area contributed by atoms with Crippen LogP contribution < -0.4 is 4.72 Å². The molecule has 0 spiro atoms. The fraction of sp³-hybridized carbons (Fsp3) is 0.538. The van der Waals surface area contributed by atoms with Crippen molar-refractivity contribution in [1.29, 1.82) is 0 Å². The number of sulfonamides is 1. The Labute approximate surface area is 118 Å². The number of nitrogens with zero attached hydrogens (tertiary/aromatic N) is 1. The van der Waals surface area contributed by atoms with Gasteiger partial charge < -0.3 is 10.0 Å². The summed E-state index contributed by atoms with van der Waals surface area (Å²) < 4.78 is 40.3. The van der Waals surface area contributed by atoms with Crippen LogP contribution in [-0.4, -0.2) is 45.1 Å². The molecule has 1 fully saturated rings. The lowest BCUT2D eigenvalue weighted by atomic mass is 10.1. The highest BCUT2D eigenvalue weighted by Gasteiger charge is 2.24. The zero-order chi connectivity index (χ0) is 14.8. The van der Waals surface area contributed by atoms with Gasteiger partial charge in [-0.2, -0.15) is 0 Å². The molecule has 5 nitrogen and oxygen atoms in total. The summed E-state index contributed by atoms with van der Waals surface area (Å²) in [4.78, 5) is 1.72. The molecule has 0 amide bonds. The smallest absolute Gasteiger partial charge is 0.243 e. The van der Waals surface area contributed by atoms with Gasteiger partial charge in [0.15, 0.2) is 0 Å². The SMILES string of the molecule is CN1CCC(CNS(=O)(=O)c2cc(CO)ccc2F)C1. The molecule has 20 heavy (non-hydrogen) atoms. The number of rotatable bonds is 5. The van der Waals surface area contributed by atoms with Gasteiger partial charge in [-0.1, -0.05) is 6.07 Å². The van der Waals surface area contributed by atoms with E-state index < -0.39 is 20.7 Å². The Balaban J connectivity index is 2.10. The standard InChI is InChI=1S/C13H19FN2O3S/c1-16-5-4-11(8-16)7-15-20(18,19)13-6-10(9-17)2-3-12(13)14/h2-3,6,11,15,17H,4-5,7-9H2,1H3. The van der Waals surface area contributed by atoms with Gasteiger partial charge in [0, 0.05) is 13.1 Å². The highest BCUT2D eigenvalue weighted by molar-refractivity contribution is 7.89. The van der Waals surface area contributed by atoms with Crippen molar-refractivity contribution >= 4 is 10.0 Å². The first-order chi connectivity index (χ1) is 9.42. The topological polar surface area (TPSA) is 69.6 Å². The Hall–Kier alpha value is -1.02. The van der Waals surface area contributed by atoms with Crippen LogP contribution in [0.15, 0.2) is 23.1 Å². The zero-order valence-electron chi connectivity index (χ0n) is 11.3. The van der Waals surface area contributed by atoms with Gasteiger partial charge in [-0.3, -0.25) is 0 Å². The van der Waals surface area contributed by atoms with E-state index in [4.69, 9.17) is 5.11 Å². The summed E-state index contributed by atoms with van der Waals surface area (Å²) in [5.74, 6) is -0.558. The number of aliphatic hydroxyl groups is 1. The van der Waals surface area contributed by atoms with Gasteiger partial charge in [0.2, 0.25) is 10.0 Å². The van der Waals surface area contributed by atoms with Crippen LogP contribution in [0, 0.1) is 11.7 Å². The molecule has 112 valence electrons. The molecule has 2 rings (SSSR count). The summed E-state index contributed by atoms with van der Waals surface area (Å²) in [5.41, 5.74) is 0.368. The lowest BCUT2D eigenvalue weighted by molar-refractivity contribution is 0.281. The molecule has 1 unspecified atom stereocenters. The Kier molecular flexibility index (Phi) is 4.74. The molecule has 1 aliphatic heterocycles. The molecule has 0 radical (unpaired) electrons. The van der Waals surface area contributed by atoms with Crippen LogP contribution in [0.3, 0.4) is 0 Å². The Morgan fingerprint density at radius 3 is 2.85 bits per heavy atom. The van der Waals surface area contributed by atoms with Gasteiger partial charge in [0.1, 0.15) is 10.7 Å². The predicted molar refractivity (Wildman–Crippen MR) is 73.1 cm³/mol. The van der Waals surface area contributed by atoms with E-state index in [1.807, 2.05) is 7.05 Å². The van der Waals surface area contributed by atoms with Gasteiger partial charge in [-0.25, -0.2) is 17.5 Å². The second-order valence-corrected chi connectivity index (χ2v) is 6.93. The van der Waals surface area contributed by atoms with E-state index in [-0.39, 0.29) is 12.5 Å². The molecule has 1 atom stereocenters. The predicted octanol–water partition coefficient (Wildman–Crippen LogP) is 0.548. The Bertz CT molecular complexity index is 577. The van der Waals surface area contributed by atoms with E-state index in [1.54, 1.807) is 0 Å². The quantitative estimate of drug-likeness (QED) is 0.833. The van der Waals surface area contributed by atoms with Crippen molar-refractivity contribution < 1.29 is 17.9 Å². The monoisotopic (exact) mass is 302 g/mol. The van der Waals surface area contributed by atoms with Crippen molar-refractivity contribution in [3.05, 3.63) is 29.6 Å². The van der Waals surface area contributed by atoms with Crippen LogP contribution >= 0.6 is 0 Å². The first-order valence-corrected chi connectivity index (χ1v) is 7.98. The third-order valence-electron chi connectivity index (χ3n) is 3.52. The van der Waals surface area contributed by atoms with Crippen molar-refractivity contribution in [2.75, 3.05) is 26.7 Å². The third kappa shape index (κ3) is 3.54. The van der Waals surface area contributed by atoms with Crippen LogP contribution in [0.4, 0.5) is 4.39 Å². The van der Waals surface area contributed by atoms with Gasteiger partial charge >= 0.3 is 0 Å². The normalized spacial score (nSPS) is 20.4. The summed E-state index contributed by atoms with van der Waals surface area (Å²) in [7, 11) is -1.90. The lowest BCUT2D eigenvalue weighted by Crippen LogP contribution is -2.31. The average Bonchev–Trinajstić information content (AvgIpc) is 2.83. The number of hydrogen-bond acceptors (Lipinski definition) is 4. The highest BCUT2D eigenvalue weighted by atomic mass is 32.2. The van der Waals surface area contributed by atoms with E-state index >= 15 is 0 Å². The van der Waals surface area contributed by atoms with Crippen molar-refractivity contribution in [2.45, 2.75) is 17.9 Å². The molecule has 1 heterocycles. The zero-order valence-corrected chi connectivity index (χ0v) is 12.2. The minimum atomic E-state index is -3.88. The number of hydrogen-bond donors (Lipinski definition) is 2. The van der Waals surface area contributed by atoms with Gasteiger partial charge in [0.05, 0.1) is 6.61 Å². The van der Waals surface area contributed by atoms with Crippen molar-refractivity contribution in [3.8, 4) is 0 Å². The van der Waals surface area contributed by atoms with E-state index in [0.29, 0.717) is 12.1 Å². The summed E-state index contributed by atoms with van der Waals surface area (Å²) in [6.45, 7) is 1.76. The molecule has 7 heteroatoms. The number of aliphatic hydroxyl groups excluding tert-OH is 1. The van der Waals surface area contributed by atoms with Crippen LogP contribution in [-0.2, 0) is 16.6 Å². The van der Waals surface area contributed by atoms with Crippen molar-refractivity contribution in [1.82, 2.24) is 9.62 Å². The van der Waals surface area contributed by atoms with Gasteiger partial charge in [-0.15, -0.1) is 0 Å². The molecule has 1 aliphatic rings. The summed E-state index contributed by atoms with van der Waals surface area (Å²) in [6, 6.07) is 3.59. The molecule has 0 bridgehead atoms. The van der Waals surface area contributed by atoms with E-state index in [0.717, 1.165) is 25.6 Å². The first-order valence-electron chi connectivity index (χ1n) is 6.50. The lowest BCUT2D eigenvalue weighted by Gasteiger charge is -2.13. The van der Waals surface area contributed by atoms with Crippen LogP contribution in [0.1, 0.15) is 12.0 Å². The summed E-state index contributed by atoms with van der Waals surface area (Å²) in [6.07, 6.45) is 0.929. The second kappa shape index (κ2) is 6.17. The summed E-state index contributed by atoms with van der Waals surface area (Å²) >= 11 is 0. The highest BCUT2D eigenvalue weighted by Crippen LogP contribution is 2.18. The maximum absolute atomic E-state index is 13.7. The minimum absolute atomic E-state index is 0.249. The number of likely N-dealkylation sites (tertiary alicyclic amines) is 1. The van der Waals surface area contributed by atoms with Gasteiger partial charge in [0.25, 0.3) is 0 Å². The van der Waals surface area contributed by atoms with Crippen molar-refractivity contribution in [2.24, 2.45) is 5.92 Å².